The number of guanidine groups is 1. The van der Waals surface area contributed by atoms with Crippen LogP contribution in [0.3, 0.4) is 0 Å². The zero-order valence-electron chi connectivity index (χ0n) is 17.9. The van der Waals surface area contributed by atoms with E-state index in [0.717, 1.165) is 49.6 Å². The molecule has 162 valence electrons. The number of nitrogens with zero attached hydrogens (tertiary/aromatic N) is 2. The summed E-state index contributed by atoms with van der Waals surface area (Å²) in [6.07, 6.45) is 5.51. The number of halogens is 1. The highest BCUT2D eigenvalue weighted by molar-refractivity contribution is 14.0. The Morgan fingerprint density at radius 3 is 2.69 bits per heavy atom. The predicted octanol–water partition coefficient (Wildman–Crippen LogP) is 3.47. The highest BCUT2D eigenvalue weighted by Crippen LogP contribution is 2.27. The molecule has 0 radical (unpaired) electrons. The van der Waals surface area contributed by atoms with Crippen LogP contribution >= 0.6 is 24.0 Å². The third-order valence-electron chi connectivity index (χ3n) is 5.77. The Morgan fingerprint density at radius 1 is 1.28 bits per heavy atom. The lowest BCUT2D eigenvalue weighted by Gasteiger charge is -2.21. The fourth-order valence-electron chi connectivity index (χ4n) is 4.22. The summed E-state index contributed by atoms with van der Waals surface area (Å²) in [6.45, 7) is 7.06. The normalized spacial score (nSPS) is 19.8. The molecule has 2 N–H and O–H groups in total. The minimum absolute atomic E-state index is 0. The SMILES string of the molecule is CCOc1ccc(CNC(=NC)NC2CCN(C(=O)C3CCCC3)C2)cc1C.I. The van der Waals surface area contributed by atoms with Gasteiger partial charge in [0.15, 0.2) is 5.96 Å². The number of aryl methyl sites for hydroxylation is 1. The van der Waals surface area contributed by atoms with Crippen LogP contribution in [0.25, 0.3) is 0 Å². The molecule has 6 nitrogen and oxygen atoms in total. The molecule has 1 saturated carbocycles. The van der Waals surface area contributed by atoms with E-state index in [1.165, 1.54) is 18.4 Å². The van der Waals surface area contributed by atoms with E-state index in [9.17, 15) is 4.79 Å². The van der Waals surface area contributed by atoms with Crippen molar-refractivity contribution in [3.05, 3.63) is 29.3 Å². The van der Waals surface area contributed by atoms with Crippen molar-refractivity contribution in [2.75, 3.05) is 26.7 Å². The molecule has 1 saturated heterocycles. The minimum Gasteiger partial charge on any atom is -0.494 e. The minimum atomic E-state index is 0. The highest BCUT2D eigenvalue weighted by atomic mass is 127. The fraction of sp³-hybridized carbons (Fsp3) is 0.636. The standard InChI is InChI=1S/C22H34N4O2.HI/c1-4-28-20-10-9-17(13-16(20)2)14-24-22(23-3)25-19-11-12-26(15-19)21(27)18-7-5-6-8-18;/h9-10,13,18-19H,4-8,11-12,14-15H2,1-3H3,(H2,23,24,25);1H. The second-order valence-corrected chi connectivity index (χ2v) is 7.85. The third-order valence-corrected chi connectivity index (χ3v) is 5.77. The van der Waals surface area contributed by atoms with E-state index in [4.69, 9.17) is 4.74 Å². The van der Waals surface area contributed by atoms with Gasteiger partial charge in [0.05, 0.1) is 6.61 Å². The monoisotopic (exact) mass is 514 g/mol. The van der Waals surface area contributed by atoms with Crippen molar-refractivity contribution in [3.8, 4) is 5.75 Å². The average Bonchev–Trinajstić information content (AvgIpc) is 3.39. The summed E-state index contributed by atoms with van der Waals surface area (Å²) < 4.78 is 5.60. The molecule has 0 bridgehead atoms. The van der Waals surface area contributed by atoms with Crippen molar-refractivity contribution in [1.29, 1.82) is 0 Å². The van der Waals surface area contributed by atoms with Crippen LogP contribution in [-0.2, 0) is 11.3 Å². The maximum Gasteiger partial charge on any atom is 0.225 e. The lowest BCUT2D eigenvalue weighted by Crippen LogP contribution is -2.45. The maximum atomic E-state index is 12.6. The number of likely N-dealkylation sites (tertiary alicyclic amines) is 1. The Balaban J connectivity index is 0.00000300. The van der Waals surface area contributed by atoms with Crippen LogP contribution in [0.1, 0.15) is 50.2 Å². The zero-order chi connectivity index (χ0) is 19.9. The van der Waals surface area contributed by atoms with Crippen LogP contribution in [0.15, 0.2) is 23.2 Å². The summed E-state index contributed by atoms with van der Waals surface area (Å²) in [4.78, 5) is 19.0. The number of carbonyl (C=O) groups excluding carboxylic acids is 1. The predicted molar refractivity (Wildman–Crippen MR) is 128 cm³/mol. The van der Waals surface area contributed by atoms with E-state index in [1.54, 1.807) is 7.05 Å². The molecule has 0 spiro atoms. The number of benzene rings is 1. The molecule has 1 heterocycles. The number of aliphatic imine (C=N–C) groups is 1. The highest BCUT2D eigenvalue weighted by Gasteiger charge is 2.32. The van der Waals surface area contributed by atoms with Crippen LogP contribution in [0.5, 0.6) is 5.75 Å². The molecule has 3 rings (SSSR count). The molecule has 1 unspecified atom stereocenters. The van der Waals surface area contributed by atoms with Crippen LogP contribution < -0.4 is 15.4 Å². The number of rotatable bonds is 6. The Bertz CT molecular complexity index is 704. The molecule has 2 fully saturated rings. The van der Waals surface area contributed by atoms with Crippen LogP contribution in [-0.4, -0.2) is 49.6 Å². The molecular weight excluding hydrogens is 479 g/mol. The van der Waals surface area contributed by atoms with Crippen LogP contribution in [0, 0.1) is 12.8 Å². The Morgan fingerprint density at radius 2 is 2.03 bits per heavy atom. The molecule has 1 aliphatic carbocycles. The molecule has 7 heteroatoms. The van der Waals surface area contributed by atoms with Crippen molar-refractivity contribution in [2.45, 2.75) is 58.5 Å². The molecule has 1 atom stereocenters. The number of ether oxygens (including phenoxy) is 1. The van der Waals surface area contributed by atoms with Gasteiger partial charge in [-0.05, 0) is 50.3 Å². The van der Waals surface area contributed by atoms with E-state index in [0.29, 0.717) is 19.1 Å². The molecular formula is C22H35IN4O2. The molecule has 1 aromatic carbocycles. The fourth-order valence-corrected chi connectivity index (χ4v) is 4.22. The van der Waals surface area contributed by atoms with Gasteiger partial charge in [-0.1, -0.05) is 25.0 Å². The molecule has 0 aromatic heterocycles. The Kier molecular flexibility index (Phi) is 9.52. The lowest BCUT2D eigenvalue weighted by atomic mass is 10.1. The third kappa shape index (κ3) is 6.49. The summed E-state index contributed by atoms with van der Waals surface area (Å²) in [5, 5.41) is 6.86. The number of carbonyl (C=O) groups is 1. The van der Waals surface area contributed by atoms with Crippen LogP contribution in [0.4, 0.5) is 0 Å². The first kappa shape index (κ1) is 23.8. The van der Waals surface area contributed by atoms with Gasteiger partial charge in [0.1, 0.15) is 5.75 Å². The van der Waals surface area contributed by atoms with E-state index in [2.05, 4.69) is 34.7 Å². The van der Waals surface area contributed by atoms with E-state index in [-0.39, 0.29) is 35.9 Å². The van der Waals surface area contributed by atoms with Gasteiger partial charge in [0.25, 0.3) is 0 Å². The van der Waals surface area contributed by atoms with Gasteiger partial charge in [0.2, 0.25) is 5.91 Å². The smallest absolute Gasteiger partial charge is 0.225 e. The number of hydrogen-bond donors (Lipinski definition) is 2. The van der Waals surface area contributed by atoms with Gasteiger partial charge >= 0.3 is 0 Å². The summed E-state index contributed by atoms with van der Waals surface area (Å²) in [5.41, 5.74) is 2.33. The number of amides is 1. The molecule has 1 amide bonds. The first-order valence-corrected chi connectivity index (χ1v) is 10.6. The second kappa shape index (κ2) is 11.6. The molecule has 2 aliphatic rings. The van der Waals surface area contributed by atoms with Crippen molar-refractivity contribution >= 4 is 35.8 Å². The summed E-state index contributed by atoms with van der Waals surface area (Å²) in [6, 6.07) is 6.51. The zero-order valence-corrected chi connectivity index (χ0v) is 20.2. The summed E-state index contributed by atoms with van der Waals surface area (Å²) in [7, 11) is 1.79. The Hall–Kier alpha value is -1.51. The van der Waals surface area contributed by atoms with Crippen molar-refractivity contribution < 1.29 is 9.53 Å². The van der Waals surface area contributed by atoms with Gasteiger partial charge < -0.3 is 20.3 Å². The lowest BCUT2D eigenvalue weighted by molar-refractivity contribution is -0.134. The first-order chi connectivity index (χ1) is 13.6. The number of nitrogens with one attached hydrogen (secondary N) is 2. The topological polar surface area (TPSA) is 66.0 Å². The summed E-state index contributed by atoms with van der Waals surface area (Å²) in [5.74, 6) is 2.34. The molecule has 1 aromatic rings. The van der Waals surface area contributed by atoms with Gasteiger partial charge in [-0.15, -0.1) is 24.0 Å². The largest absolute Gasteiger partial charge is 0.494 e. The molecule has 1 aliphatic heterocycles. The second-order valence-electron chi connectivity index (χ2n) is 7.85. The molecule has 29 heavy (non-hydrogen) atoms. The van der Waals surface area contributed by atoms with Gasteiger partial charge in [-0.25, -0.2) is 0 Å². The van der Waals surface area contributed by atoms with Gasteiger partial charge in [0, 0.05) is 38.6 Å². The van der Waals surface area contributed by atoms with Gasteiger partial charge in [-0.2, -0.15) is 0 Å². The quantitative estimate of drug-likeness (QED) is 0.347. The van der Waals surface area contributed by atoms with Crippen molar-refractivity contribution in [1.82, 2.24) is 15.5 Å². The maximum absolute atomic E-state index is 12.6. The average molecular weight is 514 g/mol. The van der Waals surface area contributed by atoms with E-state index >= 15 is 0 Å². The van der Waals surface area contributed by atoms with Crippen molar-refractivity contribution in [2.24, 2.45) is 10.9 Å². The van der Waals surface area contributed by atoms with E-state index < -0.39 is 0 Å². The van der Waals surface area contributed by atoms with E-state index in [1.807, 2.05) is 17.9 Å². The van der Waals surface area contributed by atoms with Gasteiger partial charge in [-0.3, -0.25) is 9.79 Å². The number of hydrogen-bond acceptors (Lipinski definition) is 3. The Labute approximate surface area is 191 Å². The van der Waals surface area contributed by atoms with Crippen LogP contribution in [0.2, 0.25) is 0 Å². The summed E-state index contributed by atoms with van der Waals surface area (Å²) >= 11 is 0. The van der Waals surface area contributed by atoms with Crippen molar-refractivity contribution in [3.63, 3.8) is 0 Å². The first-order valence-electron chi connectivity index (χ1n) is 10.6.